The lowest BCUT2D eigenvalue weighted by atomic mass is 9.91. The first-order valence-electron chi connectivity index (χ1n) is 14.1. The van der Waals surface area contributed by atoms with Gasteiger partial charge >= 0.3 is 0 Å². The summed E-state index contributed by atoms with van der Waals surface area (Å²) < 4.78 is 16.0. The van der Waals surface area contributed by atoms with Gasteiger partial charge in [-0.1, -0.05) is 48.5 Å². The van der Waals surface area contributed by atoms with Crippen LogP contribution in [-0.4, -0.2) is 38.3 Å². The van der Waals surface area contributed by atoms with Gasteiger partial charge in [-0.25, -0.2) is 14.4 Å². The molecule has 3 aromatic heterocycles. The van der Waals surface area contributed by atoms with Gasteiger partial charge in [0.15, 0.2) is 0 Å². The maximum atomic E-state index is 14.2. The van der Waals surface area contributed by atoms with E-state index in [0.29, 0.717) is 37.2 Å². The second-order valence-electron chi connectivity index (χ2n) is 10.6. The molecule has 1 saturated carbocycles. The molecule has 42 heavy (non-hydrogen) atoms. The zero-order chi connectivity index (χ0) is 28.9. The van der Waals surface area contributed by atoms with E-state index < -0.39 is 5.82 Å². The van der Waals surface area contributed by atoms with Gasteiger partial charge in [0.05, 0.1) is 11.8 Å². The number of imidazole rings is 1. The second-order valence-corrected chi connectivity index (χ2v) is 10.6. The van der Waals surface area contributed by atoms with E-state index in [-0.39, 0.29) is 29.5 Å². The quantitative estimate of drug-likeness (QED) is 0.226. The average Bonchev–Trinajstić information content (AvgIpc) is 3.45. The highest BCUT2D eigenvalue weighted by Crippen LogP contribution is 2.24. The van der Waals surface area contributed by atoms with Crippen molar-refractivity contribution in [3.05, 3.63) is 126 Å². The molecule has 0 atom stereocenters. The van der Waals surface area contributed by atoms with Gasteiger partial charge in [-0.05, 0) is 73.6 Å². The number of benzene rings is 2. The summed E-state index contributed by atoms with van der Waals surface area (Å²) in [7, 11) is 0. The van der Waals surface area contributed by atoms with Crippen molar-refractivity contribution in [2.24, 2.45) is 0 Å². The van der Waals surface area contributed by atoms with Gasteiger partial charge in [-0.3, -0.25) is 9.59 Å². The molecule has 3 heterocycles. The van der Waals surface area contributed by atoms with Gasteiger partial charge < -0.3 is 20.4 Å². The topological polar surface area (TPSA) is 100 Å². The first-order chi connectivity index (χ1) is 20.5. The normalized spacial score (nSPS) is 16.6. The molecule has 2 amide bonds. The Bertz CT molecular complexity index is 1680. The molecule has 3 N–H and O–H groups in total. The lowest BCUT2D eigenvalue weighted by molar-refractivity contribution is 0.0889. The fourth-order valence-corrected chi connectivity index (χ4v) is 5.39. The number of rotatable bonds is 8. The number of fused-ring (bicyclic) bond motifs is 1. The highest BCUT2D eigenvalue weighted by atomic mass is 19.1. The highest BCUT2D eigenvalue weighted by molar-refractivity contribution is 5.99. The summed E-state index contributed by atoms with van der Waals surface area (Å²) in [5.41, 5.74) is 4.29. The minimum absolute atomic E-state index is 0.00769. The van der Waals surface area contributed by atoms with Crippen molar-refractivity contribution in [3.8, 4) is 0 Å². The molecule has 1 aliphatic rings. The summed E-state index contributed by atoms with van der Waals surface area (Å²) in [6, 6.07) is 24.8. The van der Waals surface area contributed by atoms with Crippen LogP contribution in [-0.2, 0) is 6.42 Å². The number of pyridine rings is 2. The fourth-order valence-electron chi connectivity index (χ4n) is 5.39. The second kappa shape index (κ2) is 12.2. The lowest BCUT2D eigenvalue weighted by Gasteiger charge is -2.29. The summed E-state index contributed by atoms with van der Waals surface area (Å²) in [4.78, 5) is 34.6. The Labute approximate surface area is 243 Å². The third kappa shape index (κ3) is 6.46. The van der Waals surface area contributed by atoms with Crippen molar-refractivity contribution in [1.29, 1.82) is 0 Å². The van der Waals surface area contributed by atoms with Gasteiger partial charge in [0.1, 0.15) is 23.0 Å². The first-order valence-corrected chi connectivity index (χ1v) is 14.1. The van der Waals surface area contributed by atoms with Gasteiger partial charge in [0.25, 0.3) is 11.8 Å². The number of aromatic nitrogens is 3. The van der Waals surface area contributed by atoms with Gasteiger partial charge in [-0.15, -0.1) is 0 Å². The molecule has 0 unspecified atom stereocenters. The zero-order valence-electron chi connectivity index (χ0n) is 23.0. The number of hydrogen-bond acceptors (Lipinski definition) is 5. The third-order valence-electron chi connectivity index (χ3n) is 7.53. The Morgan fingerprint density at radius 3 is 2.31 bits per heavy atom. The number of hydrogen-bond donors (Lipinski definition) is 3. The van der Waals surface area contributed by atoms with Crippen molar-refractivity contribution in [2.45, 2.75) is 44.2 Å². The predicted molar refractivity (Wildman–Crippen MR) is 159 cm³/mol. The van der Waals surface area contributed by atoms with E-state index in [1.165, 1.54) is 11.6 Å². The number of anilines is 2. The van der Waals surface area contributed by atoms with E-state index in [2.05, 4.69) is 38.1 Å². The maximum absolute atomic E-state index is 14.2. The van der Waals surface area contributed by atoms with Crippen LogP contribution in [0.3, 0.4) is 0 Å². The molecule has 0 radical (unpaired) electrons. The standard InChI is InChI=1S/C33H31FN6O2/c34-24-19-28(31(35-20-24)36-27-10-6-9-23(18-27)17-22-7-2-1-3-8-22)32(41)37-25-12-14-26(15-13-25)38-33(42)29-21-40-16-5-4-11-30(40)39-29/h1-11,16,18-21,25-26H,12-15,17H2,(H,35,36)(H,37,41)(H,38,42)/t25-,26+. The van der Waals surface area contributed by atoms with Crippen LogP contribution in [0.2, 0.25) is 0 Å². The summed E-state index contributed by atoms with van der Waals surface area (Å²) >= 11 is 0. The Morgan fingerprint density at radius 1 is 0.833 bits per heavy atom. The van der Waals surface area contributed by atoms with E-state index in [1.54, 1.807) is 6.20 Å². The Kier molecular flexibility index (Phi) is 7.89. The van der Waals surface area contributed by atoms with Crippen LogP contribution in [0.1, 0.15) is 57.7 Å². The number of halogens is 1. The minimum atomic E-state index is -0.582. The van der Waals surface area contributed by atoms with Crippen molar-refractivity contribution in [1.82, 2.24) is 25.0 Å². The van der Waals surface area contributed by atoms with Crippen molar-refractivity contribution < 1.29 is 14.0 Å². The predicted octanol–water partition coefficient (Wildman–Crippen LogP) is 5.67. The summed E-state index contributed by atoms with van der Waals surface area (Å²) in [6.45, 7) is 0. The van der Waals surface area contributed by atoms with E-state index in [0.717, 1.165) is 29.5 Å². The SMILES string of the molecule is O=C(N[C@H]1CC[C@@H](NC(=O)c2cc(F)cnc2Nc2cccc(Cc3ccccc3)c2)CC1)c1cn2ccccc2n1. The van der Waals surface area contributed by atoms with Crippen molar-refractivity contribution in [3.63, 3.8) is 0 Å². The fraction of sp³-hybridized carbons (Fsp3) is 0.212. The van der Waals surface area contributed by atoms with E-state index in [4.69, 9.17) is 0 Å². The number of carbonyl (C=O) groups is 2. The maximum Gasteiger partial charge on any atom is 0.271 e. The molecular formula is C33H31FN6O2. The van der Waals surface area contributed by atoms with Crippen LogP contribution < -0.4 is 16.0 Å². The molecule has 8 nitrogen and oxygen atoms in total. The van der Waals surface area contributed by atoms with Crippen LogP contribution in [0.4, 0.5) is 15.9 Å². The monoisotopic (exact) mass is 562 g/mol. The summed E-state index contributed by atoms with van der Waals surface area (Å²) in [5, 5.41) is 9.31. The molecule has 1 fully saturated rings. The van der Waals surface area contributed by atoms with Crippen LogP contribution in [0.15, 0.2) is 97.5 Å². The van der Waals surface area contributed by atoms with E-state index >= 15 is 0 Å². The molecule has 0 spiro atoms. The molecule has 0 aliphatic heterocycles. The molecule has 0 saturated heterocycles. The molecule has 9 heteroatoms. The van der Waals surface area contributed by atoms with Gasteiger partial charge in [0, 0.05) is 30.2 Å². The van der Waals surface area contributed by atoms with Crippen LogP contribution in [0.25, 0.3) is 5.65 Å². The molecule has 6 rings (SSSR count). The molecule has 212 valence electrons. The largest absolute Gasteiger partial charge is 0.349 e. The Morgan fingerprint density at radius 2 is 1.55 bits per heavy atom. The molecular weight excluding hydrogens is 531 g/mol. The Balaban J connectivity index is 1.06. The van der Waals surface area contributed by atoms with E-state index in [1.807, 2.05) is 71.3 Å². The number of carbonyl (C=O) groups excluding carboxylic acids is 2. The number of nitrogens with zero attached hydrogens (tertiary/aromatic N) is 3. The van der Waals surface area contributed by atoms with Crippen LogP contribution in [0, 0.1) is 5.82 Å². The summed E-state index contributed by atoms with van der Waals surface area (Å²) in [6.07, 6.45) is 8.24. The third-order valence-corrected chi connectivity index (χ3v) is 7.53. The average molecular weight is 563 g/mol. The van der Waals surface area contributed by atoms with Crippen LogP contribution >= 0.6 is 0 Å². The molecule has 5 aromatic rings. The molecule has 1 aliphatic carbocycles. The zero-order valence-corrected chi connectivity index (χ0v) is 23.0. The van der Waals surface area contributed by atoms with Crippen molar-refractivity contribution in [2.75, 3.05) is 5.32 Å². The van der Waals surface area contributed by atoms with Gasteiger partial charge in [-0.2, -0.15) is 0 Å². The molecule has 2 aromatic carbocycles. The number of nitrogens with one attached hydrogen (secondary N) is 3. The first kappa shape index (κ1) is 27.1. The molecule has 0 bridgehead atoms. The van der Waals surface area contributed by atoms with E-state index in [9.17, 15) is 14.0 Å². The number of amides is 2. The van der Waals surface area contributed by atoms with Crippen LogP contribution in [0.5, 0.6) is 0 Å². The highest BCUT2D eigenvalue weighted by Gasteiger charge is 2.26. The summed E-state index contributed by atoms with van der Waals surface area (Å²) in [5.74, 6) is -0.885. The smallest absolute Gasteiger partial charge is 0.271 e. The van der Waals surface area contributed by atoms with Crippen molar-refractivity contribution >= 4 is 29.0 Å². The Hall–Kier alpha value is -5.05. The van der Waals surface area contributed by atoms with Gasteiger partial charge in [0.2, 0.25) is 0 Å². The lowest BCUT2D eigenvalue weighted by Crippen LogP contribution is -2.44. The minimum Gasteiger partial charge on any atom is -0.349 e.